The zero-order valence-corrected chi connectivity index (χ0v) is 11.4. The molecule has 1 aromatic carbocycles. The molecule has 1 rings (SSSR count). The van der Waals surface area contributed by atoms with Crippen molar-refractivity contribution in [2.45, 2.75) is 39.7 Å². The van der Waals surface area contributed by atoms with Gasteiger partial charge in [0, 0.05) is 11.1 Å². The first-order valence-electron chi connectivity index (χ1n) is 5.85. The topological polar surface area (TPSA) is 12.0 Å². The Morgan fingerprint density at radius 2 is 1.75 bits per heavy atom. The molecule has 90 valence electrons. The first kappa shape index (κ1) is 13.5. The minimum Gasteiger partial charge on any atom is -0.313 e. The Labute approximate surface area is 104 Å². The fraction of sp³-hybridized carbons (Fsp3) is 0.571. The molecule has 0 bridgehead atoms. The molecule has 1 unspecified atom stereocenters. The van der Waals surface area contributed by atoms with Gasteiger partial charge in [-0.3, -0.25) is 0 Å². The van der Waals surface area contributed by atoms with E-state index in [0.717, 1.165) is 11.4 Å². The minimum absolute atomic E-state index is 0.390. The Bertz CT molecular complexity index is 311. The average Bonchev–Trinajstić information content (AvgIpc) is 2.20. The fourth-order valence-corrected chi connectivity index (χ4v) is 1.88. The second-order valence-electron chi connectivity index (χ2n) is 5.49. The maximum absolute atomic E-state index is 5.89. The lowest BCUT2D eigenvalue weighted by atomic mass is 9.87. The quantitative estimate of drug-likeness (QED) is 0.820. The van der Waals surface area contributed by atoms with Crippen LogP contribution in [0.4, 0.5) is 0 Å². The second kappa shape index (κ2) is 5.70. The van der Waals surface area contributed by atoms with E-state index in [-0.39, 0.29) is 0 Å². The third-order valence-corrected chi connectivity index (χ3v) is 3.06. The van der Waals surface area contributed by atoms with E-state index in [4.69, 9.17) is 11.6 Å². The van der Waals surface area contributed by atoms with Crippen LogP contribution in [0.2, 0.25) is 5.02 Å². The lowest BCUT2D eigenvalue weighted by Gasteiger charge is -2.23. The average molecular weight is 240 g/mol. The van der Waals surface area contributed by atoms with Crippen LogP contribution in [-0.2, 0) is 0 Å². The lowest BCUT2D eigenvalue weighted by Crippen LogP contribution is -2.18. The summed E-state index contributed by atoms with van der Waals surface area (Å²) in [7, 11) is 2.02. The fourth-order valence-electron chi connectivity index (χ4n) is 1.75. The molecule has 1 atom stereocenters. The van der Waals surface area contributed by atoms with Crippen molar-refractivity contribution in [3.8, 4) is 0 Å². The van der Waals surface area contributed by atoms with E-state index >= 15 is 0 Å². The van der Waals surface area contributed by atoms with Gasteiger partial charge in [0.2, 0.25) is 0 Å². The van der Waals surface area contributed by atoms with Crippen molar-refractivity contribution in [1.82, 2.24) is 5.32 Å². The van der Waals surface area contributed by atoms with E-state index in [2.05, 4.69) is 38.2 Å². The highest BCUT2D eigenvalue weighted by Gasteiger charge is 2.15. The highest BCUT2D eigenvalue weighted by Crippen LogP contribution is 2.27. The van der Waals surface area contributed by atoms with Gasteiger partial charge in [0.05, 0.1) is 0 Å². The van der Waals surface area contributed by atoms with Crippen molar-refractivity contribution in [3.05, 3.63) is 34.9 Å². The summed E-state index contributed by atoms with van der Waals surface area (Å²) in [5.74, 6) is 0. The molecule has 0 spiro atoms. The minimum atomic E-state index is 0.390. The maximum Gasteiger partial charge on any atom is 0.0406 e. The number of rotatable bonds is 4. The molecular formula is C14H22ClN. The molecule has 1 aromatic rings. The van der Waals surface area contributed by atoms with Gasteiger partial charge in [-0.05, 0) is 43.0 Å². The Balaban J connectivity index is 2.64. The molecule has 0 aliphatic rings. The van der Waals surface area contributed by atoms with Crippen LogP contribution in [-0.4, -0.2) is 7.05 Å². The summed E-state index contributed by atoms with van der Waals surface area (Å²) in [6.07, 6.45) is 2.36. The largest absolute Gasteiger partial charge is 0.313 e. The molecule has 0 aliphatic carbocycles. The van der Waals surface area contributed by atoms with Crippen LogP contribution in [0.5, 0.6) is 0 Å². The molecule has 0 radical (unpaired) electrons. The molecule has 1 N–H and O–H groups in total. The van der Waals surface area contributed by atoms with Crippen LogP contribution < -0.4 is 5.32 Å². The van der Waals surface area contributed by atoms with Crippen LogP contribution in [0.1, 0.15) is 45.2 Å². The molecule has 0 heterocycles. The second-order valence-corrected chi connectivity index (χ2v) is 5.93. The van der Waals surface area contributed by atoms with Gasteiger partial charge in [0.25, 0.3) is 0 Å². The molecule has 16 heavy (non-hydrogen) atoms. The van der Waals surface area contributed by atoms with E-state index in [1.165, 1.54) is 12.0 Å². The molecule has 0 saturated heterocycles. The number of halogens is 1. The lowest BCUT2D eigenvalue weighted by molar-refractivity contribution is 0.338. The summed E-state index contributed by atoms with van der Waals surface area (Å²) in [6, 6.07) is 8.55. The first-order chi connectivity index (χ1) is 7.42. The zero-order valence-electron chi connectivity index (χ0n) is 10.7. The van der Waals surface area contributed by atoms with Gasteiger partial charge in [-0.2, -0.15) is 0 Å². The van der Waals surface area contributed by atoms with Crippen molar-refractivity contribution in [2.24, 2.45) is 5.41 Å². The van der Waals surface area contributed by atoms with Crippen LogP contribution in [0.25, 0.3) is 0 Å². The smallest absolute Gasteiger partial charge is 0.0406 e. The van der Waals surface area contributed by atoms with Crippen molar-refractivity contribution in [1.29, 1.82) is 0 Å². The molecular weight excluding hydrogens is 218 g/mol. The van der Waals surface area contributed by atoms with Gasteiger partial charge in [0.15, 0.2) is 0 Å². The van der Waals surface area contributed by atoms with Gasteiger partial charge >= 0.3 is 0 Å². The van der Waals surface area contributed by atoms with Crippen molar-refractivity contribution in [2.75, 3.05) is 7.05 Å². The molecule has 1 nitrogen and oxygen atoms in total. The maximum atomic E-state index is 5.89. The van der Waals surface area contributed by atoms with E-state index in [0.29, 0.717) is 11.5 Å². The van der Waals surface area contributed by atoms with E-state index in [9.17, 15) is 0 Å². The number of nitrogens with one attached hydrogen (secondary N) is 1. The summed E-state index contributed by atoms with van der Waals surface area (Å²) in [6.45, 7) is 6.84. The van der Waals surface area contributed by atoms with E-state index in [1.807, 2.05) is 19.2 Å². The number of hydrogen-bond acceptors (Lipinski definition) is 1. The first-order valence-corrected chi connectivity index (χ1v) is 6.23. The summed E-state index contributed by atoms with van der Waals surface area (Å²) in [5.41, 5.74) is 1.71. The molecule has 2 heteroatoms. The zero-order chi connectivity index (χ0) is 12.2. The third-order valence-electron chi connectivity index (χ3n) is 2.80. The Morgan fingerprint density at radius 1 is 1.19 bits per heavy atom. The number of hydrogen-bond donors (Lipinski definition) is 1. The predicted octanol–water partition coefficient (Wildman–Crippen LogP) is 4.43. The van der Waals surface area contributed by atoms with E-state index in [1.54, 1.807) is 0 Å². The molecule has 0 aliphatic heterocycles. The van der Waals surface area contributed by atoms with Gasteiger partial charge < -0.3 is 5.32 Å². The van der Waals surface area contributed by atoms with Crippen molar-refractivity contribution < 1.29 is 0 Å². The van der Waals surface area contributed by atoms with E-state index < -0.39 is 0 Å². The highest BCUT2D eigenvalue weighted by atomic mass is 35.5. The van der Waals surface area contributed by atoms with Crippen molar-refractivity contribution >= 4 is 11.6 Å². The van der Waals surface area contributed by atoms with Crippen molar-refractivity contribution in [3.63, 3.8) is 0 Å². The SMILES string of the molecule is CNC(CCC(C)(C)C)c1ccc(Cl)cc1. The third kappa shape index (κ3) is 4.54. The Kier molecular flexibility index (Phi) is 4.82. The Morgan fingerprint density at radius 3 is 2.19 bits per heavy atom. The van der Waals surface area contributed by atoms with Crippen LogP contribution in [0, 0.1) is 5.41 Å². The summed E-state index contributed by atoms with van der Waals surface area (Å²) in [4.78, 5) is 0. The molecule has 0 saturated carbocycles. The summed E-state index contributed by atoms with van der Waals surface area (Å²) < 4.78 is 0. The summed E-state index contributed by atoms with van der Waals surface area (Å²) >= 11 is 5.89. The highest BCUT2D eigenvalue weighted by molar-refractivity contribution is 6.30. The predicted molar refractivity (Wildman–Crippen MR) is 71.9 cm³/mol. The standard InChI is InChI=1S/C14H22ClN/c1-14(2,3)10-9-13(16-4)11-5-7-12(15)8-6-11/h5-8,13,16H,9-10H2,1-4H3. The van der Waals surface area contributed by atoms with Crippen LogP contribution in [0.3, 0.4) is 0 Å². The van der Waals surface area contributed by atoms with Gasteiger partial charge in [-0.1, -0.05) is 44.5 Å². The van der Waals surface area contributed by atoms with Gasteiger partial charge in [-0.15, -0.1) is 0 Å². The van der Waals surface area contributed by atoms with Gasteiger partial charge in [0.1, 0.15) is 0 Å². The van der Waals surface area contributed by atoms with Crippen LogP contribution in [0.15, 0.2) is 24.3 Å². The van der Waals surface area contributed by atoms with Gasteiger partial charge in [-0.25, -0.2) is 0 Å². The monoisotopic (exact) mass is 239 g/mol. The normalized spacial score (nSPS) is 13.8. The Hall–Kier alpha value is -0.530. The van der Waals surface area contributed by atoms with Crippen LogP contribution >= 0.6 is 11.6 Å². The number of benzene rings is 1. The molecule has 0 fully saturated rings. The molecule has 0 amide bonds. The molecule has 0 aromatic heterocycles. The summed E-state index contributed by atoms with van der Waals surface area (Å²) in [5, 5.41) is 4.17.